The molecule has 0 spiro atoms. The van der Waals surface area contributed by atoms with Crippen molar-refractivity contribution < 1.29 is 14.4 Å². The third-order valence-corrected chi connectivity index (χ3v) is 2.20. The van der Waals surface area contributed by atoms with E-state index in [0.717, 1.165) is 19.5 Å². The zero-order valence-electron chi connectivity index (χ0n) is 7.56. The molecule has 1 aliphatic heterocycles. The molecule has 6 heteroatoms. The highest BCUT2D eigenvalue weighted by Gasteiger charge is 2.22. The van der Waals surface area contributed by atoms with Gasteiger partial charge in [-0.05, 0) is 13.0 Å². The Labute approximate surface area is 80.3 Å². The summed E-state index contributed by atoms with van der Waals surface area (Å²) in [6.07, 6.45) is 0.790. The number of nitrogens with zero attached hydrogens (tertiary/aromatic N) is 2. The molecule has 0 amide bonds. The van der Waals surface area contributed by atoms with Gasteiger partial charge in [0.1, 0.15) is 6.42 Å². The van der Waals surface area contributed by atoms with Gasteiger partial charge >= 0.3 is 5.97 Å². The molecule has 76 valence electrons. The fourth-order valence-electron chi connectivity index (χ4n) is 1.51. The van der Waals surface area contributed by atoms with Crippen LogP contribution < -0.4 is 5.32 Å². The Hall–Kier alpha value is -1.43. The van der Waals surface area contributed by atoms with Gasteiger partial charge in [-0.25, -0.2) is 0 Å². The van der Waals surface area contributed by atoms with Crippen molar-refractivity contribution in [2.24, 2.45) is 0 Å². The highest BCUT2D eigenvalue weighted by molar-refractivity contribution is 5.68. The Morgan fingerprint density at radius 1 is 1.71 bits per heavy atom. The summed E-state index contributed by atoms with van der Waals surface area (Å²) in [5.41, 5.74) is 0. The third kappa shape index (κ3) is 1.90. The van der Waals surface area contributed by atoms with Gasteiger partial charge in [-0.3, -0.25) is 4.79 Å². The van der Waals surface area contributed by atoms with E-state index >= 15 is 0 Å². The number of carboxylic acids is 1. The molecule has 14 heavy (non-hydrogen) atoms. The lowest BCUT2D eigenvalue weighted by Crippen LogP contribution is -2.08. The van der Waals surface area contributed by atoms with Crippen LogP contribution in [-0.2, 0) is 11.2 Å². The molecule has 1 aromatic rings. The van der Waals surface area contributed by atoms with Gasteiger partial charge < -0.3 is 14.9 Å². The zero-order chi connectivity index (χ0) is 9.97. The molecule has 1 unspecified atom stereocenters. The number of aliphatic carboxylic acids is 1. The average Bonchev–Trinajstić information content (AvgIpc) is 2.69. The predicted molar refractivity (Wildman–Crippen MR) is 45.9 cm³/mol. The molecule has 0 bridgehead atoms. The van der Waals surface area contributed by atoms with Crippen molar-refractivity contribution in [3.63, 3.8) is 0 Å². The number of carbonyl (C=O) groups is 1. The summed E-state index contributed by atoms with van der Waals surface area (Å²) < 4.78 is 4.99. The Balaban J connectivity index is 2.05. The molecule has 0 aliphatic carbocycles. The molecule has 0 aromatic carbocycles. The quantitative estimate of drug-likeness (QED) is 0.696. The lowest BCUT2D eigenvalue weighted by Gasteiger charge is -1.98. The normalized spacial score (nSPS) is 21.3. The summed E-state index contributed by atoms with van der Waals surface area (Å²) >= 11 is 0. The van der Waals surface area contributed by atoms with Gasteiger partial charge in [0.2, 0.25) is 5.89 Å². The van der Waals surface area contributed by atoms with Crippen molar-refractivity contribution in [1.29, 1.82) is 0 Å². The van der Waals surface area contributed by atoms with Gasteiger partial charge in [0.25, 0.3) is 0 Å². The van der Waals surface area contributed by atoms with Crippen molar-refractivity contribution in [1.82, 2.24) is 15.5 Å². The van der Waals surface area contributed by atoms with Gasteiger partial charge in [-0.1, -0.05) is 5.16 Å². The van der Waals surface area contributed by atoms with Gasteiger partial charge in [-0.2, -0.15) is 4.98 Å². The lowest BCUT2D eigenvalue weighted by molar-refractivity contribution is -0.136. The first-order chi connectivity index (χ1) is 6.75. The smallest absolute Gasteiger partial charge is 0.311 e. The van der Waals surface area contributed by atoms with Crippen LogP contribution in [0, 0.1) is 0 Å². The SMILES string of the molecule is O=C(O)Cc1noc(C2CCNC2)n1. The number of hydrogen-bond acceptors (Lipinski definition) is 5. The Morgan fingerprint density at radius 2 is 2.57 bits per heavy atom. The third-order valence-electron chi connectivity index (χ3n) is 2.20. The topological polar surface area (TPSA) is 88.2 Å². The number of aromatic nitrogens is 2. The van der Waals surface area contributed by atoms with Crippen LogP contribution in [0.1, 0.15) is 24.1 Å². The first-order valence-electron chi connectivity index (χ1n) is 4.50. The van der Waals surface area contributed by atoms with Crippen molar-refractivity contribution >= 4 is 5.97 Å². The van der Waals surface area contributed by atoms with Crippen LogP contribution in [0.3, 0.4) is 0 Å². The second-order valence-corrected chi connectivity index (χ2v) is 3.31. The fraction of sp³-hybridized carbons (Fsp3) is 0.625. The van der Waals surface area contributed by atoms with E-state index in [4.69, 9.17) is 9.63 Å². The minimum absolute atomic E-state index is 0.177. The fourth-order valence-corrected chi connectivity index (χ4v) is 1.51. The highest BCUT2D eigenvalue weighted by atomic mass is 16.5. The number of nitrogens with one attached hydrogen (secondary N) is 1. The minimum atomic E-state index is -0.943. The number of hydrogen-bond donors (Lipinski definition) is 2. The van der Waals surface area contributed by atoms with E-state index in [9.17, 15) is 4.79 Å². The van der Waals surface area contributed by atoms with Crippen molar-refractivity contribution in [3.05, 3.63) is 11.7 Å². The molecule has 1 fully saturated rings. The maximum atomic E-state index is 10.4. The molecule has 2 heterocycles. The number of rotatable bonds is 3. The summed E-state index contributed by atoms with van der Waals surface area (Å²) in [6, 6.07) is 0. The van der Waals surface area contributed by atoms with Crippen LogP contribution in [0.25, 0.3) is 0 Å². The van der Waals surface area contributed by atoms with Crippen LogP contribution in [0.2, 0.25) is 0 Å². The first-order valence-corrected chi connectivity index (χ1v) is 4.50. The minimum Gasteiger partial charge on any atom is -0.481 e. The second kappa shape index (κ2) is 3.75. The molecule has 0 saturated carbocycles. The highest BCUT2D eigenvalue weighted by Crippen LogP contribution is 2.20. The molecular formula is C8H11N3O3. The molecule has 0 radical (unpaired) electrons. The first kappa shape index (κ1) is 9.14. The molecule has 6 nitrogen and oxygen atoms in total. The van der Waals surface area contributed by atoms with E-state index in [1.165, 1.54) is 0 Å². The standard InChI is InChI=1S/C8H11N3O3/c12-7(13)3-6-10-8(14-11-6)5-1-2-9-4-5/h5,9H,1-4H2,(H,12,13). The van der Waals surface area contributed by atoms with E-state index in [0.29, 0.717) is 5.89 Å². The molecule has 2 N–H and O–H groups in total. The maximum absolute atomic E-state index is 10.4. The van der Waals surface area contributed by atoms with Crippen molar-refractivity contribution in [3.8, 4) is 0 Å². The molecule has 1 atom stereocenters. The Kier molecular flexibility index (Phi) is 2.45. The molecule has 1 aliphatic rings. The molecule has 2 rings (SSSR count). The summed E-state index contributed by atoms with van der Waals surface area (Å²) in [5.74, 6) is 0.0950. The van der Waals surface area contributed by atoms with Crippen LogP contribution in [-0.4, -0.2) is 34.3 Å². The van der Waals surface area contributed by atoms with Gasteiger partial charge in [0.05, 0.1) is 5.92 Å². The summed E-state index contributed by atoms with van der Waals surface area (Å²) in [7, 11) is 0. The van der Waals surface area contributed by atoms with Gasteiger partial charge in [0.15, 0.2) is 5.82 Å². The lowest BCUT2D eigenvalue weighted by atomic mass is 10.1. The second-order valence-electron chi connectivity index (χ2n) is 3.31. The van der Waals surface area contributed by atoms with Gasteiger partial charge in [-0.15, -0.1) is 0 Å². The van der Waals surface area contributed by atoms with E-state index in [-0.39, 0.29) is 18.2 Å². The predicted octanol–water partition coefficient (Wildman–Crippen LogP) is -0.226. The summed E-state index contributed by atoms with van der Waals surface area (Å²) in [6.45, 7) is 1.77. The summed E-state index contributed by atoms with van der Waals surface area (Å²) in [4.78, 5) is 14.4. The molecular weight excluding hydrogens is 186 g/mol. The van der Waals surface area contributed by atoms with Crippen LogP contribution in [0.15, 0.2) is 4.52 Å². The van der Waals surface area contributed by atoms with Gasteiger partial charge in [0, 0.05) is 6.54 Å². The van der Waals surface area contributed by atoms with E-state index in [1.807, 2.05) is 0 Å². The van der Waals surface area contributed by atoms with Crippen LogP contribution in [0.4, 0.5) is 0 Å². The Morgan fingerprint density at radius 3 is 3.21 bits per heavy atom. The Bertz CT molecular complexity index is 330. The van der Waals surface area contributed by atoms with E-state index in [2.05, 4.69) is 15.5 Å². The monoisotopic (exact) mass is 197 g/mol. The molecule has 1 aromatic heterocycles. The average molecular weight is 197 g/mol. The largest absolute Gasteiger partial charge is 0.481 e. The van der Waals surface area contributed by atoms with E-state index < -0.39 is 5.97 Å². The van der Waals surface area contributed by atoms with Crippen molar-refractivity contribution in [2.75, 3.05) is 13.1 Å². The van der Waals surface area contributed by atoms with Crippen LogP contribution >= 0.6 is 0 Å². The van der Waals surface area contributed by atoms with E-state index in [1.54, 1.807) is 0 Å². The summed E-state index contributed by atoms with van der Waals surface area (Å²) in [5, 5.41) is 15.3. The van der Waals surface area contributed by atoms with Crippen LogP contribution in [0.5, 0.6) is 0 Å². The maximum Gasteiger partial charge on any atom is 0.311 e. The zero-order valence-corrected chi connectivity index (χ0v) is 7.56. The molecule has 1 saturated heterocycles. The van der Waals surface area contributed by atoms with Crippen molar-refractivity contribution in [2.45, 2.75) is 18.8 Å². The number of carboxylic acid groups (broad SMARTS) is 1.